The van der Waals surface area contributed by atoms with Crippen molar-refractivity contribution in [3.8, 4) is 6.07 Å². The SMILES string of the molecule is CC(NC(C)C1(C)CC1)c1ccc(C#N)cc1. The van der Waals surface area contributed by atoms with Crippen LogP contribution in [0, 0.1) is 16.7 Å². The van der Waals surface area contributed by atoms with Crippen molar-refractivity contribution < 1.29 is 0 Å². The second-order valence-electron chi connectivity index (χ2n) is 5.50. The Morgan fingerprint density at radius 2 is 1.82 bits per heavy atom. The van der Waals surface area contributed by atoms with Crippen LogP contribution in [0.4, 0.5) is 0 Å². The van der Waals surface area contributed by atoms with E-state index in [0.29, 0.717) is 17.5 Å². The first kappa shape index (κ1) is 12.1. The number of benzene rings is 1. The van der Waals surface area contributed by atoms with E-state index in [1.807, 2.05) is 24.3 Å². The molecule has 1 aliphatic rings. The Morgan fingerprint density at radius 1 is 1.24 bits per heavy atom. The minimum absolute atomic E-state index is 0.343. The first-order chi connectivity index (χ1) is 8.05. The molecule has 0 radical (unpaired) electrons. The third-order valence-electron chi connectivity index (χ3n) is 4.12. The Balaban J connectivity index is 1.99. The summed E-state index contributed by atoms with van der Waals surface area (Å²) < 4.78 is 0. The molecule has 0 heterocycles. The lowest BCUT2D eigenvalue weighted by atomic mass is 9.98. The molecule has 1 N–H and O–H groups in total. The van der Waals surface area contributed by atoms with Gasteiger partial charge in [-0.15, -0.1) is 0 Å². The van der Waals surface area contributed by atoms with Crippen LogP contribution >= 0.6 is 0 Å². The number of nitrogens with one attached hydrogen (secondary N) is 1. The van der Waals surface area contributed by atoms with Gasteiger partial charge in [0.1, 0.15) is 0 Å². The van der Waals surface area contributed by atoms with Crippen molar-refractivity contribution in [2.75, 3.05) is 0 Å². The van der Waals surface area contributed by atoms with Gasteiger partial charge in [0.2, 0.25) is 0 Å². The van der Waals surface area contributed by atoms with E-state index in [9.17, 15) is 0 Å². The Morgan fingerprint density at radius 3 is 2.29 bits per heavy atom. The van der Waals surface area contributed by atoms with Crippen LogP contribution in [0.15, 0.2) is 24.3 Å². The van der Waals surface area contributed by atoms with Crippen molar-refractivity contribution >= 4 is 0 Å². The smallest absolute Gasteiger partial charge is 0.0991 e. The molecule has 1 aromatic carbocycles. The molecule has 2 heteroatoms. The normalized spacial score (nSPS) is 20.4. The summed E-state index contributed by atoms with van der Waals surface area (Å²) in [6, 6.07) is 10.9. The van der Waals surface area contributed by atoms with Gasteiger partial charge in [-0.05, 0) is 49.8 Å². The highest BCUT2D eigenvalue weighted by molar-refractivity contribution is 5.32. The summed E-state index contributed by atoms with van der Waals surface area (Å²) in [6.45, 7) is 6.80. The summed E-state index contributed by atoms with van der Waals surface area (Å²) >= 11 is 0. The summed E-state index contributed by atoms with van der Waals surface area (Å²) in [7, 11) is 0. The van der Waals surface area contributed by atoms with Gasteiger partial charge < -0.3 is 5.32 Å². The molecule has 1 aromatic rings. The van der Waals surface area contributed by atoms with Crippen LogP contribution < -0.4 is 5.32 Å². The van der Waals surface area contributed by atoms with Crippen LogP contribution in [0.25, 0.3) is 0 Å². The second kappa shape index (κ2) is 4.50. The predicted octanol–water partition coefficient (Wildman–Crippen LogP) is 3.40. The molecule has 17 heavy (non-hydrogen) atoms. The highest BCUT2D eigenvalue weighted by atomic mass is 15.0. The Labute approximate surface area is 104 Å². The van der Waals surface area contributed by atoms with Crippen LogP contribution in [0.1, 0.15) is 50.8 Å². The summed E-state index contributed by atoms with van der Waals surface area (Å²) in [5.74, 6) is 0. The first-order valence-electron chi connectivity index (χ1n) is 6.31. The van der Waals surface area contributed by atoms with Crippen LogP contribution in [-0.4, -0.2) is 6.04 Å². The molecule has 1 aliphatic carbocycles. The zero-order chi connectivity index (χ0) is 12.5. The number of nitrogens with zero attached hydrogens (tertiary/aromatic N) is 1. The standard InChI is InChI=1S/C15H20N2/c1-11(17-12(2)15(3)8-9-15)14-6-4-13(10-16)5-7-14/h4-7,11-12,17H,8-9H2,1-3H3. The molecule has 1 saturated carbocycles. The summed E-state index contributed by atoms with van der Waals surface area (Å²) in [4.78, 5) is 0. The largest absolute Gasteiger partial charge is 0.307 e. The van der Waals surface area contributed by atoms with Crippen molar-refractivity contribution in [1.82, 2.24) is 5.32 Å². The van der Waals surface area contributed by atoms with Crippen molar-refractivity contribution in [3.05, 3.63) is 35.4 Å². The van der Waals surface area contributed by atoms with E-state index in [1.54, 1.807) is 0 Å². The van der Waals surface area contributed by atoms with Crippen molar-refractivity contribution in [1.29, 1.82) is 5.26 Å². The minimum Gasteiger partial charge on any atom is -0.307 e. The number of nitriles is 1. The molecule has 2 nitrogen and oxygen atoms in total. The molecule has 0 saturated heterocycles. The van der Waals surface area contributed by atoms with Crippen molar-refractivity contribution in [3.63, 3.8) is 0 Å². The van der Waals surface area contributed by atoms with Gasteiger partial charge in [0.25, 0.3) is 0 Å². The topological polar surface area (TPSA) is 35.8 Å². The average molecular weight is 228 g/mol. The van der Waals surface area contributed by atoms with E-state index in [2.05, 4.69) is 32.2 Å². The fraction of sp³-hybridized carbons (Fsp3) is 0.533. The monoisotopic (exact) mass is 228 g/mol. The van der Waals surface area contributed by atoms with E-state index < -0.39 is 0 Å². The Bertz CT molecular complexity index is 423. The molecule has 2 unspecified atom stereocenters. The van der Waals surface area contributed by atoms with Crippen LogP contribution in [0.2, 0.25) is 0 Å². The lowest BCUT2D eigenvalue weighted by molar-refractivity contribution is 0.350. The van der Waals surface area contributed by atoms with Crippen LogP contribution in [0.5, 0.6) is 0 Å². The Hall–Kier alpha value is -1.33. The maximum Gasteiger partial charge on any atom is 0.0991 e. The molecular weight excluding hydrogens is 208 g/mol. The van der Waals surface area contributed by atoms with Gasteiger partial charge in [0.05, 0.1) is 11.6 Å². The van der Waals surface area contributed by atoms with Crippen molar-refractivity contribution in [2.45, 2.75) is 45.7 Å². The maximum atomic E-state index is 8.76. The van der Waals surface area contributed by atoms with E-state index in [0.717, 1.165) is 5.56 Å². The van der Waals surface area contributed by atoms with Gasteiger partial charge in [-0.2, -0.15) is 5.26 Å². The molecule has 2 atom stereocenters. The maximum absolute atomic E-state index is 8.76. The second-order valence-corrected chi connectivity index (χ2v) is 5.50. The van der Waals surface area contributed by atoms with E-state index in [1.165, 1.54) is 18.4 Å². The van der Waals surface area contributed by atoms with E-state index in [-0.39, 0.29) is 0 Å². The molecule has 90 valence electrons. The lowest BCUT2D eigenvalue weighted by Gasteiger charge is -2.25. The molecule has 0 amide bonds. The Kier molecular flexibility index (Phi) is 3.22. The van der Waals surface area contributed by atoms with Crippen molar-refractivity contribution in [2.24, 2.45) is 5.41 Å². The fourth-order valence-electron chi connectivity index (χ4n) is 2.15. The quantitative estimate of drug-likeness (QED) is 0.857. The number of hydrogen-bond donors (Lipinski definition) is 1. The average Bonchev–Trinajstić information content (AvgIpc) is 3.09. The van der Waals surface area contributed by atoms with Gasteiger partial charge in [-0.1, -0.05) is 19.1 Å². The molecule has 0 spiro atoms. The van der Waals surface area contributed by atoms with Gasteiger partial charge >= 0.3 is 0 Å². The van der Waals surface area contributed by atoms with Crippen LogP contribution in [0.3, 0.4) is 0 Å². The minimum atomic E-state index is 0.343. The number of rotatable bonds is 4. The third-order valence-corrected chi connectivity index (χ3v) is 4.12. The third kappa shape index (κ3) is 2.68. The fourth-order valence-corrected chi connectivity index (χ4v) is 2.15. The first-order valence-corrected chi connectivity index (χ1v) is 6.31. The zero-order valence-electron chi connectivity index (χ0n) is 10.8. The molecule has 0 aromatic heterocycles. The van der Waals surface area contributed by atoms with E-state index >= 15 is 0 Å². The molecular formula is C15H20N2. The summed E-state index contributed by atoms with van der Waals surface area (Å²) in [5.41, 5.74) is 2.48. The van der Waals surface area contributed by atoms with Gasteiger partial charge in [0, 0.05) is 12.1 Å². The summed E-state index contributed by atoms with van der Waals surface area (Å²) in [6.07, 6.45) is 2.67. The van der Waals surface area contributed by atoms with Crippen LogP contribution in [-0.2, 0) is 0 Å². The lowest BCUT2D eigenvalue weighted by Crippen LogP contribution is -2.35. The molecule has 1 fully saturated rings. The predicted molar refractivity (Wildman–Crippen MR) is 69.5 cm³/mol. The van der Waals surface area contributed by atoms with Gasteiger partial charge in [0.15, 0.2) is 0 Å². The molecule has 0 aliphatic heterocycles. The zero-order valence-corrected chi connectivity index (χ0v) is 10.8. The summed E-state index contributed by atoms with van der Waals surface area (Å²) in [5, 5.41) is 12.4. The van der Waals surface area contributed by atoms with Gasteiger partial charge in [-0.3, -0.25) is 0 Å². The molecule has 2 rings (SSSR count). The van der Waals surface area contributed by atoms with E-state index in [4.69, 9.17) is 5.26 Å². The van der Waals surface area contributed by atoms with Gasteiger partial charge in [-0.25, -0.2) is 0 Å². The molecule has 0 bridgehead atoms. The number of hydrogen-bond acceptors (Lipinski definition) is 2. The highest BCUT2D eigenvalue weighted by Crippen LogP contribution is 2.48. The highest BCUT2D eigenvalue weighted by Gasteiger charge is 2.42.